The molecule has 0 aliphatic carbocycles. The third-order valence-corrected chi connectivity index (χ3v) is 3.15. The van der Waals surface area contributed by atoms with Crippen molar-refractivity contribution >= 4 is 15.9 Å². The smallest absolute Gasteiger partial charge is 0.0544 e. The summed E-state index contributed by atoms with van der Waals surface area (Å²) in [5, 5.41) is 0. The SMILES string of the molecule is CC1CCN(Cc2ccc(Br)cn2)C1. The third-order valence-electron chi connectivity index (χ3n) is 2.68. The molecule has 1 atom stereocenters. The molecule has 1 saturated heterocycles. The number of nitrogens with zero attached hydrogens (tertiary/aromatic N) is 2. The lowest BCUT2D eigenvalue weighted by Crippen LogP contribution is -2.20. The second-order valence-electron chi connectivity index (χ2n) is 4.10. The Balaban J connectivity index is 1.94. The zero-order valence-electron chi connectivity index (χ0n) is 8.41. The molecule has 2 heterocycles. The van der Waals surface area contributed by atoms with Gasteiger partial charge in [0.25, 0.3) is 0 Å². The molecule has 1 unspecified atom stereocenters. The summed E-state index contributed by atoms with van der Waals surface area (Å²) >= 11 is 3.39. The summed E-state index contributed by atoms with van der Waals surface area (Å²) in [6.45, 7) is 5.75. The molecule has 76 valence electrons. The van der Waals surface area contributed by atoms with E-state index < -0.39 is 0 Å². The molecule has 1 aromatic rings. The number of hydrogen-bond acceptors (Lipinski definition) is 2. The van der Waals surface area contributed by atoms with Gasteiger partial charge >= 0.3 is 0 Å². The number of likely N-dealkylation sites (tertiary alicyclic amines) is 1. The summed E-state index contributed by atoms with van der Waals surface area (Å²) in [6, 6.07) is 4.15. The summed E-state index contributed by atoms with van der Waals surface area (Å²) in [5.74, 6) is 0.852. The number of pyridine rings is 1. The maximum atomic E-state index is 4.38. The Labute approximate surface area is 93.5 Å². The van der Waals surface area contributed by atoms with Crippen molar-refractivity contribution in [1.82, 2.24) is 9.88 Å². The third kappa shape index (κ3) is 2.55. The fraction of sp³-hybridized carbons (Fsp3) is 0.545. The quantitative estimate of drug-likeness (QED) is 0.807. The predicted molar refractivity (Wildman–Crippen MR) is 61.0 cm³/mol. The van der Waals surface area contributed by atoms with E-state index in [-0.39, 0.29) is 0 Å². The summed E-state index contributed by atoms with van der Waals surface area (Å²) in [6.07, 6.45) is 3.20. The van der Waals surface area contributed by atoms with Crippen molar-refractivity contribution in [3.05, 3.63) is 28.5 Å². The van der Waals surface area contributed by atoms with Crippen LogP contribution in [0.2, 0.25) is 0 Å². The highest BCUT2D eigenvalue weighted by Crippen LogP contribution is 2.17. The molecule has 2 rings (SSSR count). The van der Waals surface area contributed by atoms with Gasteiger partial charge in [-0.25, -0.2) is 0 Å². The summed E-state index contributed by atoms with van der Waals surface area (Å²) < 4.78 is 1.05. The van der Waals surface area contributed by atoms with Gasteiger partial charge in [0.2, 0.25) is 0 Å². The van der Waals surface area contributed by atoms with E-state index in [1.165, 1.54) is 25.2 Å². The molecule has 0 bridgehead atoms. The van der Waals surface area contributed by atoms with Gasteiger partial charge in [-0.2, -0.15) is 0 Å². The monoisotopic (exact) mass is 254 g/mol. The topological polar surface area (TPSA) is 16.1 Å². The maximum Gasteiger partial charge on any atom is 0.0544 e. The van der Waals surface area contributed by atoms with Crippen molar-refractivity contribution in [3.63, 3.8) is 0 Å². The van der Waals surface area contributed by atoms with E-state index in [0.29, 0.717) is 0 Å². The van der Waals surface area contributed by atoms with Crippen LogP contribution in [0.1, 0.15) is 19.0 Å². The average Bonchev–Trinajstić information content (AvgIpc) is 2.56. The molecule has 0 amide bonds. The van der Waals surface area contributed by atoms with E-state index in [9.17, 15) is 0 Å². The second-order valence-corrected chi connectivity index (χ2v) is 5.01. The molecule has 14 heavy (non-hydrogen) atoms. The number of aromatic nitrogens is 1. The Morgan fingerprint density at radius 2 is 2.43 bits per heavy atom. The van der Waals surface area contributed by atoms with E-state index in [1.807, 2.05) is 6.20 Å². The Hall–Kier alpha value is -0.410. The molecular weight excluding hydrogens is 240 g/mol. The van der Waals surface area contributed by atoms with Crippen molar-refractivity contribution in [3.8, 4) is 0 Å². The first-order valence-electron chi connectivity index (χ1n) is 5.07. The average molecular weight is 255 g/mol. The summed E-state index contributed by atoms with van der Waals surface area (Å²) in [4.78, 5) is 6.85. The van der Waals surface area contributed by atoms with Gasteiger partial charge in [0.05, 0.1) is 5.69 Å². The van der Waals surface area contributed by atoms with Crippen LogP contribution in [0, 0.1) is 5.92 Å². The molecular formula is C11H15BrN2. The minimum atomic E-state index is 0.852. The highest BCUT2D eigenvalue weighted by atomic mass is 79.9. The molecule has 0 saturated carbocycles. The van der Waals surface area contributed by atoms with Crippen molar-refractivity contribution < 1.29 is 0 Å². The minimum Gasteiger partial charge on any atom is -0.297 e. The van der Waals surface area contributed by atoms with Crippen LogP contribution >= 0.6 is 15.9 Å². The molecule has 0 spiro atoms. The highest BCUT2D eigenvalue weighted by molar-refractivity contribution is 9.10. The molecule has 0 N–H and O–H groups in total. The fourth-order valence-corrected chi connectivity index (χ4v) is 2.13. The van der Waals surface area contributed by atoms with Crippen LogP contribution in [0.3, 0.4) is 0 Å². The lowest BCUT2D eigenvalue weighted by molar-refractivity contribution is 0.316. The van der Waals surface area contributed by atoms with Crippen molar-refractivity contribution in [2.24, 2.45) is 5.92 Å². The van der Waals surface area contributed by atoms with Crippen LogP contribution in [-0.2, 0) is 6.54 Å². The Bertz CT molecular complexity index is 297. The standard InChI is InChI=1S/C11H15BrN2/c1-9-4-5-14(7-9)8-11-3-2-10(12)6-13-11/h2-3,6,9H,4-5,7-8H2,1H3. The first-order chi connectivity index (χ1) is 6.74. The van der Waals surface area contributed by atoms with Gasteiger partial charge in [-0.3, -0.25) is 9.88 Å². The van der Waals surface area contributed by atoms with Crippen molar-refractivity contribution in [1.29, 1.82) is 0 Å². The van der Waals surface area contributed by atoms with Gasteiger partial charge in [0, 0.05) is 23.8 Å². The summed E-state index contributed by atoms with van der Waals surface area (Å²) in [5.41, 5.74) is 1.17. The van der Waals surface area contributed by atoms with E-state index in [4.69, 9.17) is 0 Å². The van der Waals surface area contributed by atoms with E-state index in [1.54, 1.807) is 0 Å². The molecule has 1 fully saturated rings. The number of rotatable bonds is 2. The highest BCUT2D eigenvalue weighted by Gasteiger charge is 2.18. The molecule has 1 aromatic heterocycles. The molecule has 1 aliphatic rings. The van der Waals surface area contributed by atoms with Crippen molar-refractivity contribution in [2.75, 3.05) is 13.1 Å². The first-order valence-corrected chi connectivity index (χ1v) is 5.86. The molecule has 1 aliphatic heterocycles. The predicted octanol–water partition coefficient (Wildman–Crippen LogP) is 2.69. The van der Waals surface area contributed by atoms with E-state index in [2.05, 4.69) is 44.9 Å². The molecule has 3 heteroatoms. The van der Waals surface area contributed by atoms with Gasteiger partial charge in [0.1, 0.15) is 0 Å². The van der Waals surface area contributed by atoms with Crippen LogP contribution in [-0.4, -0.2) is 23.0 Å². The van der Waals surface area contributed by atoms with Gasteiger partial charge in [-0.15, -0.1) is 0 Å². The maximum absolute atomic E-state index is 4.38. The van der Waals surface area contributed by atoms with E-state index >= 15 is 0 Å². The molecule has 0 radical (unpaired) electrons. The largest absolute Gasteiger partial charge is 0.297 e. The van der Waals surface area contributed by atoms with Gasteiger partial charge in [0.15, 0.2) is 0 Å². The van der Waals surface area contributed by atoms with E-state index in [0.717, 1.165) is 16.9 Å². The number of hydrogen-bond donors (Lipinski definition) is 0. The molecule has 0 aromatic carbocycles. The minimum absolute atomic E-state index is 0.852. The Morgan fingerprint density at radius 1 is 1.57 bits per heavy atom. The normalized spacial score (nSPS) is 22.9. The van der Waals surface area contributed by atoms with Crippen molar-refractivity contribution in [2.45, 2.75) is 19.9 Å². The number of halogens is 1. The molecule has 2 nitrogen and oxygen atoms in total. The van der Waals surface area contributed by atoms with Crippen LogP contribution in [0.25, 0.3) is 0 Å². The zero-order chi connectivity index (χ0) is 9.97. The Morgan fingerprint density at radius 3 is 3.00 bits per heavy atom. The van der Waals surface area contributed by atoms with Crippen LogP contribution < -0.4 is 0 Å². The van der Waals surface area contributed by atoms with Crippen LogP contribution in [0.5, 0.6) is 0 Å². The van der Waals surface area contributed by atoms with Gasteiger partial charge in [-0.1, -0.05) is 6.92 Å². The zero-order valence-corrected chi connectivity index (χ0v) is 10.00. The van der Waals surface area contributed by atoms with Crippen LogP contribution in [0.15, 0.2) is 22.8 Å². The van der Waals surface area contributed by atoms with Gasteiger partial charge in [-0.05, 0) is 46.9 Å². The Kier molecular flexibility index (Phi) is 3.19. The van der Waals surface area contributed by atoms with Crippen LogP contribution in [0.4, 0.5) is 0 Å². The summed E-state index contributed by atoms with van der Waals surface area (Å²) in [7, 11) is 0. The first kappa shape index (κ1) is 10.1. The lowest BCUT2D eigenvalue weighted by atomic mass is 10.2. The fourth-order valence-electron chi connectivity index (χ4n) is 1.90. The second kappa shape index (κ2) is 4.41. The van der Waals surface area contributed by atoms with Gasteiger partial charge < -0.3 is 0 Å². The lowest BCUT2D eigenvalue weighted by Gasteiger charge is -2.14.